The van der Waals surface area contributed by atoms with Crippen molar-refractivity contribution in [2.45, 2.75) is 40.3 Å². The number of nitrogens with zero attached hydrogens (tertiary/aromatic N) is 2. The average molecular weight is 490 g/mol. The Morgan fingerprint density at radius 1 is 1.06 bits per heavy atom. The Morgan fingerprint density at radius 3 is 2.32 bits per heavy atom. The van der Waals surface area contributed by atoms with Crippen LogP contribution in [0.4, 0.5) is 5.69 Å². The summed E-state index contributed by atoms with van der Waals surface area (Å²) < 4.78 is 31.7. The number of amides is 2. The summed E-state index contributed by atoms with van der Waals surface area (Å²) in [6.07, 6.45) is 1.04. The van der Waals surface area contributed by atoms with Crippen molar-refractivity contribution in [1.82, 2.24) is 10.2 Å². The Morgan fingerprint density at radius 2 is 1.74 bits per heavy atom. The van der Waals surface area contributed by atoms with E-state index in [0.29, 0.717) is 12.3 Å². The number of hydrogen-bond donors (Lipinski definition) is 1. The van der Waals surface area contributed by atoms with Crippen LogP contribution in [0.1, 0.15) is 31.9 Å². The molecule has 1 N–H and O–H groups in total. The van der Waals surface area contributed by atoms with Crippen LogP contribution in [0.5, 0.6) is 5.75 Å². The molecule has 2 rings (SSSR count). The topological polar surface area (TPSA) is 96.0 Å². The van der Waals surface area contributed by atoms with Crippen molar-refractivity contribution < 1.29 is 22.7 Å². The molecule has 2 aromatic rings. The van der Waals surface area contributed by atoms with Crippen molar-refractivity contribution in [2.24, 2.45) is 5.92 Å². The summed E-state index contributed by atoms with van der Waals surface area (Å²) in [4.78, 5) is 27.8. The fourth-order valence-corrected chi connectivity index (χ4v) is 4.33. The predicted molar refractivity (Wildman–Crippen MR) is 134 cm³/mol. The highest BCUT2D eigenvalue weighted by Crippen LogP contribution is 2.29. The minimum atomic E-state index is -3.82. The van der Waals surface area contributed by atoms with Crippen molar-refractivity contribution in [2.75, 3.05) is 30.8 Å². The van der Waals surface area contributed by atoms with Gasteiger partial charge in [-0.15, -0.1) is 0 Å². The van der Waals surface area contributed by atoms with Crippen LogP contribution in [0.2, 0.25) is 0 Å². The quantitative estimate of drug-likeness (QED) is 0.524. The van der Waals surface area contributed by atoms with E-state index in [-0.39, 0.29) is 24.1 Å². The Balaban J connectivity index is 2.40. The van der Waals surface area contributed by atoms with E-state index < -0.39 is 28.5 Å². The molecule has 0 radical (unpaired) electrons. The average Bonchev–Trinajstić information content (AvgIpc) is 2.78. The maximum absolute atomic E-state index is 13.5. The number of rotatable bonds is 11. The van der Waals surface area contributed by atoms with Crippen LogP contribution in [0.3, 0.4) is 0 Å². The summed E-state index contributed by atoms with van der Waals surface area (Å²) >= 11 is 0. The first-order chi connectivity index (χ1) is 15.9. The van der Waals surface area contributed by atoms with Gasteiger partial charge in [-0.1, -0.05) is 55.8 Å². The van der Waals surface area contributed by atoms with Crippen LogP contribution in [0, 0.1) is 12.8 Å². The fraction of sp³-hybridized carbons (Fsp3) is 0.440. The van der Waals surface area contributed by atoms with Crippen molar-refractivity contribution in [3.63, 3.8) is 0 Å². The third-order valence-electron chi connectivity index (χ3n) is 5.32. The number of anilines is 1. The second-order valence-electron chi connectivity index (χ2n) is 8.77. The molecule has 0 aromatic heterocycles. The van der Waals surface area contributed by atoms with Gasteiger partial charge in [0, 0.05) is 13.1 Å². The van der Waals surface area contributed by atoms with Crippen molar-refractivity contribution >= 4 is 27.5 Å². The summed E-state index contributed by atoms with van der Waals surface area (Å²) in [6.45, 7) is 7.74. The summed E-state index contributed by atoms with van der Waals surface area (Å²) in [6, 6.07) is 13.4. The minimum absolute atomic E-state index is 0.167. The van der Waals surface area contributed by atoms with Crippen LogP contribution in [0.25, 0.3) is 0 Å². The first-order valence-corrected chi connectivity index (χ1v) is 13.0. The Hall–Kier alpha value is -3.07. The van der Waals surface area contributed by atoms with Gasteiger partial charge >= 0.3 is 0 Å². The first kappa shape index (κ1) is 27.2. The van der Waals surface area contributed by atoms with Gasteiger partial charge in [0.25, 0.3) is 0 Å². The van der Waals surface area contributed by atoms with Gasteiger partial charge in [0.15, 0.2) is 0 Å². The van der Waals surface area contributed by atoms with Crippen LogP contribution in [0.15, 0.2) is 48.5 Å². The smallest absolute Gasteiger partial charge is 0.244 e. The zero-order chi connectivity index (χ0) is 25.5. The third-order valence-corrected chi connectivity index (χ3v) is 6.45. The normalized spacial score (nSPS) is 12.2. The van der Waals surface area contributed by atoms with Crippen LogP contribution < -0.4 is 14.4 Å². The van der Waals surface area contributed by atoms with Gasteiger partial charge < -0.3 is 15.0 Å². The number of ether oxygens (including phenoxy) is 1. The molecular weight excluding hydrogens is 454 g/mol. The number of carbonyl (C=O) groups is 2. The van der Waals surface area contributed by atoms with Gasteiger partial charge in [-0.25, -0.2) is 8.42 Å². The summed E-state index contributed by atoms with van der Waals surface area (Å²) in [5.74, 6) is -0.208. The van der Waals surface area contributed by atoms with Gasteiger partial charge in [0.2, 0.25) is 21.8 Å². The number of nitrogens with one attached hydrogen (secondary N) is 1. The number of methoxy groups -OCH3 is 1. The molecule has 0 saturated heterocycles. The molecule has 0 aliphatic rings. The van der Waals surface area contributed by atoms with E-state index in [1.807, 2.05) is 45.0 Å². The van der Waals surface area contributed by atoms with E-state index in [9.17, 15) is 18.0 Å². The number of aryl methyl sites for hydroxylation is 1. The largest absolute Gasteiger partial charge is 0.495 e. The Bertz CT molecular complexity index is 1100. The summed E-state index contributed by atoms with van der Waals surface area (Å²) in [7, 11) is -2.38. The lowest BCUT2D eigenvalue weighted by atomic mass is 10.1. The van der Waals surface area contributed by atoms with Crippen LogP contribution >= 0.6 is 0 Å². The third kappa shape index (κ3) is 7.48. The van der Waals surface area contributed by atoms with Crippen molar-refractivity contribution in [3.8, 4) is 5.75 Å². The number of para-hydroxylation sites is 2. The molecule has 186 valence electrons. The van der Waals surface area contributed by atoms with E-state index in [0.717, 1.165) is 21.7 Å². The molecule has 8 nitrogen and oxygen atoms in total. The molecule has 0 unspecified atom stereocenters. The second-order valence-corrected chi connectivity index (χ2v) is 10.7. The summed E-state index contributed by atoms with van der Waals surface area (Å²) in [5.41, 5.74) is 2.13. The lowest BCUT2D eigenvalue weighted by molar-refractivity contribution is -0.139. The highest BCUT2D eigenvalue weighted by atomic mass is 32.2. The van der Waals surface area contributed by atoms with Crippen LogP contribution in [-0.2, 0) is 26.2 Å². The SMILES string of the molecule is COc1ccccc1N(CC(=O)N(Cc1cccc(C)c1)[C@H](C)C(=O)NCC(C)C)S(C)(=O)=O. The molecule has 2 aromatic carbocycles. The standard InChI is InChI=1S/C25H35N3O5S/c1-18(2)15-26-25(30)20(4)27(16-21-11-9-10-19(3)14-21)24(29)17-28(34(6,31)32)22-12-7-8-13-23(22)33-5/h7-14,18,20H,15-17H2,1-6H3,(H,26,30)/t20-/m1/s1. The molecule has 0 bridgehead atoms. The fourth-order valence-electron chi connectivity index (χ4n) is 3.47. The van der Waals surface area contributed by atoms with Crippen LogP contribution in [-0.4, -0.2) is 57.6 Å². The lowest BCUT2D eigenvalue weighted by Crippen LogP contribution is -2.51. The number of carbonyl (C=O) groups excluding carboxylic acids is 2. The van der Waals surface area contributed by atoms with Gasteiger partial charge in [-0.2, -0.15) is 0 Å². The highest BCUT2D eigenvalue weighted by Gasteiger charge is 2.31. The first-order valence-electron chi connectivity index (χ1n) is 11.2. The van der Waals surface area contributed by atoms with E-state index in [1.165, 1.54) is 12.0 Å². The molecule has 0 fully saturated rings. The van der Waals surface area contributed by atoms with Crippen molar-refractivity contribution in [3.05, 3.63) is 59.7 Å². The van der Waals surface area contributed by atoms with E-state index in [1.54, 1.807) is 31.2 Å². The molecular formula is C25H35N3O5S. The molecule has 34 heavy (non-hydrogen) atoms. The number of sulfonamides is 1. The summed E-state index contributed by atoms with van der Waals surface area (Å²) in [5, 5.41) is 2.86. The second kappa shape index (κ2) is 11.9. The maximum Gasteiger partial charge on any atom is 0.244 e. The highest BCUT2D eigenvalue weighted by molar-refractivity contribution is 7.92. The molecule has 9 heteroatoms. The Kier molecular flexibility index (Phi) is 9.49. The van der Waals surface area contributed by atoms with E-state index in [2.05, 4.69) is 5.32 Å². The maximum atomic E-state index is 13.5. The molecule has 0 aliphatic carbocycles. The van der Waals surface area contributed by atoms with Gasteiger partial charge in [-0.3, -0.25) is 13.9 Å². The molecule has 0 aliphatic heterocycles. The minimum Gasteiger partial charge on any atom is -0.495 e. The zero-order valence-corrected chi connectivity index (χ0v) is 21.6. The van der Waals surface area contributed by atoms with Gasteiger partial charge in [0.05, 0.1) is 19.1 Å². The monoisotopic (exact) mass is 489 g/mol. The molecule has 0 heterocycles. The zero-order valence-electron chi connectivity index (χ0n) is 20.7. The van der Waals surface area contributed by atoms with Gasteiger partial charge in [0.1, 0.15) is 18.3 Å². The lowest BCUT2D eigenvalue weighted by Gasteiger charge is -2.32. The molecule has 1 atom stereocenters. The molecule has 0 saturated carbocycles. The van der Waals surface area contributed by atoms with Gasteiger partial charge in [-0.05, 0) is 37.5 Å². The number of hydrogen-bond acceptors (Lipinski definition) is 5. The van der Waals surface area contributed by atoms with E-state index >= 15 is 0 Å². The van der Waals surface area contributed by atoms with Crippen molar-refractivity contribution in [1.29, 1.82) is 0 Å². The predicted octanol–water partition coefficient (Wildman–Crippen LogP) is 2.96. The van der Waals surface area contributed by atoms with E-state index in [4.69, 9.17) is 4.74 Å². The Labute approximate surface area is 202 Å². The molecule has 0 spiro atoms. The molecule has 2 amide bonds. The number of benzene rings is 2.